The summed E-state index contributed by atoms with van der Waals surface area (Å²) in [5, 5.41) is 2.80. The summed E-state index contributed by atoms with van der Waals surface area (Å²) in [5.41, 5.74) is 4.14. The molecule has 0 aliphatic heterocycles. The number of pyridine rings is 1. The second-order valence-corrected chi connectivity index (χ2v) is 5.08. The Balaban J connectivity index is 1.80. The van der Waals surface area contributed by atoms with Gasteiger partial charge in [-0.3, -0.25) is 9.78 Å². The molecule has 0 aliphatic carbocycles. The van der Waals surface area contributed by atoms with Gasteiger partial charge in [-0.25, -0.2) is 0 Å². The molecule has 1 aromatic carbocycles. The van der Waals surface area contributed by atoms with Crippen molar-refractivity contribution in [3.05, 3.63) is 58.9 Å². The summed E-state index contributed by atoms with van der Waals surface area (Å²) in [6.45, 7) is 6.41. The summed E-state index contributed by atoms with van der Waals surface area (Å²) in [4.78, 5) is 16.1. The Morgan fingerprint density at radius 3 is 2.67 bits per heavy atom. The second-order valence-electron chi connectivity index (χ2n) is 5.08. The van der Waals surface area contributed by atoms with E-state index in [1.807, 2.05) is 57.2 Å². The fraction of sp³-hybridized carbons (Fsp3) is 0.294. The van der Waals surface area contributed by atoms with Crippen LogP contribution in [0.2, 0.25) is 0 Å². The number of nitrogens with zero attached hydrogens (tertiary/aromatic N) is 1. The highest BCUT2D eigenvalue weighted by Gasteiger charge is 2.04. The molecule has 0 unspecified atom stereocenters. The molecule has 1 amide bonds. The SMILES string of the molecule is Cc1cccc(CNC(=O)COc2ccc(C)c(C)c2)n1. The maximum Gasteiger partial charge on any atom is 0.258 e. The smallest absolute Gasteiger partial charge is 0.258 e. The average Bonchev–Trinajstić information content (AvgIpc) is 2.46. The first-order valence-corrected chi connectivity index (χ1v) is 6.94. The number of amides is 1. The van der Waals surface area contributed by atoms with Crippen LogP contribution in [0.3, 0.4) is 0 Å². The lowest BCUT2D eigenvalue weighted by Crippen LogP contribution is -2.28. The summed E-state index contributed by atoms with van der Waals surface area (Å²) < 4.78 is 5.48. The highest BCUT2D eigenvalue weighted by atomic mass is 16.5. The van der Waals surface area contributed by atoms with E-state index in [1.165, 1.54) is 5.56 Å². The zero-order valence-corrected chi connectivity index (χ0v) is 12.6. The third-order valence-electron chi connectivity index (χ3n) is 3.26. The van der Waals surface area contributed by atoms with E-state index in [-0.39, 0.29) is 12.5 Å². The molecule has 4 heteroatoms. The van der Waals surface area contributed by atoms with E-state index in [0.29, 0.717) is 12.3 Å². The predicted molar refractivity (Wildman–Crippen MR) is 82.2 cm³/mol. The maximum absolute atomic E-state index is 11.8. The van der Waals surface area contributed by atoms with E-state index >= 15 is 0 Å². The fourth-order valence-corrected chi connectivity index (χ4v) is 1.89. The van der Waals surface area contributed by atoms with Gasteiger partial charge in [-0.1, -0.05) is 12.1 Å². The Labute approximate surface area is 125 Å². The Bertz CT molecular complexity index is 638. The minimum absolute atomic E-state index is 0.00825. The van der Waals surface area contributed by atoms with E-state index in [9.17, 15) is 4.79 Å². The second kappa shape index (κ2) is 6.88. The molecular weight excluding hydrogens is 264 g/mol. The standard InChI is InChI=1S/C17H20N2O2/c1-12-7-8-16(9-13(12)2)21-11-17(20)18-10-15-6-4-5-14(3)19-15/h4-9H,10-11H2,1-3H3,(H,18,20). The fourth-order valence-electron chi connectivity index (χ4n) is 1.89. The Morgan fingerprint density at radius 1 is 1.14 bits per heavy atom. The quantitative estimate of drug-likeness (QED) is 0.918. The van der Waals surface area contributed by atoms with Crippen molar-refractivity contribution >= 4 is 5.91 Å². The van der Waals surface area contributed by atoms with E-state index < -0.39 is 0 Å². The van der Waals surface area contributed by atoms with Crippen molar-refractivity contribution in [2.75, 3.05) is 6.61 Å². The normalized spacial score (nSPS) is 10.2. The molecular formula is C17H20N2O2. The maximum atomic E-state index is 11.8. The lowest BCUT2D eigenvalue weighted by Gasteiger charge is -2.09. The van der Waals surface area contributed by atoms with Gasteiger partial charge in [-0.05, 0) is 56.2 Å². The monoisotopic (exact) mass is 284 g/mol. The molecule has 1 heterocycles. The number of carbonyl (C=O) groups is 1. The van der Waals surface area contributed by atoms with Crippen molar-refractivity contribution in [3.8, 4) is 5.75 Å². The summed E-state index contributed by atoms with van der Waals surface area (Å²) in [7, 11) is 0. The third kappa shape index (κ3) is 4.60. The number of hydrogen-bond acceptors (Lipinski definition) is 3. The molecule has 4 nitrogen and oxygen atoms in total. The van der Waals surface area contributed by atoms with E-state index in [4.69, 9.17) is 4.74 Å². The molecule has 0 radical (unpaired) electrons. The number of benzene rings is 1. The number of nitrogens with one attached hydrogen (secondary N) is 1. The zero-order valence-electron chi connectivity index (χ0n) is 12.6. The Morgan fingerprint density at radius 2 is 1.95 bits per heavy atom. The van der Waals surface area contributed by atoms with Crippen LogP contribution in [-0.2, 0) is 11.3 Å². The lowest BCUT2D eigenvalue weighted by atomic mass is 10.1. The van der Waals surface area contributed by atoms with Gasteiger partial charge in [0.2, 0.25) is 0 Å². The summed E-state index contributed by atoms with van der Waals surface area (Å²) >= 11 is 0. The van der Waals surface area contributed by atoms with Gasteiger partial charge in [0, 0.05) is 5.69 Å². The third-order valence-corrected chi connectivity index (χ3v) is 3.26. The number of rotatable bonds is 5. The van der Waals surface area contributed by atoms with Crippen molar-refractivity contribution in [1.29, 1.82) is 0 Å². The van der Waals surface area contributed by atoms with Gasteiger partial charge in [-0.15, -0.1) is 0 Å². The highest BCUT2D eigenvalue weighted by Crippen LogP contribution is 2.16. The van der Waals surface area contributed by atoms with Crippen LogP contribution in [0.5, 0.6) is 5.75 Å². The predicted octanol–water partition coefficient (Wildman–Crippen LogP) is 2.70. The molecule has 2 aromatic rings. The number of aromatic nitrogens is 1. The lowest BCUT2D eigenvalue weighted by molar-refractivity contribution is -0.123. The van der Waals surface area contributed by atoms with Crippen LogP contribution in [0.4, 0.5) is 0 Å². The van der Waals surface area contributed by atoms with E-state index in [1.54, 1.807) is 0 Å². The zero-order chi connectivity index (χ0) is 15.2. The topological polar surface area (TPSA) is 51.2 Å². The van der Waals surface area contributed by atoms with Gasteiger partial charge < -0.3 is 10.1 Å². The van der Waals surface area contributed by atoms with Gasteiger partial charge in [0.05, 0.1) is 12.2 Å². The van der Waals surface area contributed by atoms with Gasteiger partial charge in [-0.2, -0.15) is 0 Å². The number of carbonyl (C=O) groups excluding carboxylic acids is 1. The van der Waals surface area contributed by atoms with Crippen LogP contribution < -0.4 is 10.1 Å². The first-order chi connectivity index (χ1) is 10.0. The molecule has 0 bridgehead atoms. The van der Waals surface area contributed by atoms with Crippen LogP contribution in [0.25, 0.3) is 0 Å². The highest BCUT2D eigenvalue weighted by molar-refractivity contribution is 5.77. The van der Waals surface area contributed by atoms with Crippen molar-refractivity contribution in [1.82, 2.24) is 10.3 Å². The first-order valence-electron chi connectivity index (χ1n) is 6.94. The summed E-state index contributed by atoms with van der Waals surface area (Å²) in [6, 6.07) is 11.5. The van der Waals surface area contributed by atoms with Crippen LogP contribution in [-0.4, -0.2) is 17.5 Å². The molecule has 1 N–H and O–H groups in total. The molecule has 0 spiro atoms. The molecule has 2 rings (SSSR count). The minimum atomic E-state index is -0.156. The molecule has 21 heavy (non-hydrogen) atoms. The van der Waals surface area contributed by atoms with Crippen molar-refractivity contribution in [3.63, 3.8) is 0 Å². The van der Waals surface area contributed by atoms with Crippen molar-refractivity contribution in [2.24, 2.45) is 0 Å². The minimum Gasteiger partial charge on any atom is -0.484 e. The van der Waals surface area contributed by atoms with Gasteiger partial charge in [0.1, 0.15) is 5.75 Å². The number of aryl methyl sites for hydroxylation is 3. The van der Waals surface area contributed by atoms with Crippen LogP contribution in [0, 0.1) is 20.8 Å². The molecule has 0 saturated heterocycles. The Hall–Kier alpha value is -2.36. The molecule has 110 valence electrons. The largest absolute Gasteiger partial charge is 0.484 e. The molecule has 0 aliphatic rings. The van der Waals surface area contributed by atoms with Crippen molar-refractivity contribution < 1.29 is 9.53 Å². The van der Waals surface area contributed by atoms with Crippen LogP contribution >= 0.6 is 0 Å². The van der Waals surface area contributed by atoms with E-state index in [0.717, 1.165) is 17.0 Å². The first kappa shape index (κ1) is 15.0. The molecule has 0 atom stereocenters. The Kier molecular flexibility index (Phi) is 4.93. The number of hydrogen-bond donors (Lipinski definition) is 1. The molecule has 1 aromatic heterocycles. The number of ether oxygens (including phenoxy) is 1. The summed E-state index contributed by atoms with van der Waals surface area (Å²) in [5.74, 6) is 0.554. The average molecular weight is 284 g/mol. The molecule has 0 fully saturated rings. The van der Waals surface area contributed by atoms with Gasteiger partial charge >= 0.3 is 0 Å². The van der Waals surface area contributed by atoms with Gasteiger partial charge in [0.15, 0.2) is 6.61 Å². The van der Waals surface area contributed by atoms with Crippen LogP contribution in [0.15, 0.2) is 36.4 Å². The van der Waals surface area contributed by atoms with Crippen molar-refractivity contribution in [2.45, 2.75) is 27.3 Å². The van der Waals surface area contributed by atoms with Crippen LogP contribution in [0.1, 0.15) is 22.5 Å². The van der Waals surface area contributed by atoms with E-state index in [2.05, 4.69) is 10.3 Å². The van der Waals surface area contributed by atoms with Gasteiger partial charge in [0.25, 0.3) is 5.91 Å². The molecule has 0 saturated carbocycles. The summed E-state index contributed by atoms with van der Waals surface area (Å²) in [6.07, 6.45) is 0.